The van der Waals surface area contributed by atoms with Crippen molar-refractivity contribution in [3.8, 4) is 0 Å². The van der Waals surface area contributed by atoms with Gasteiger partial charge in [-0.2, -0.15) is 0 Å². The fraction of sp³-hybridized carbons (Fsp3) is 0.429. The number of nitro benzene ring substituents is 1. The minimum atomic E-state index is -1.15. The highest BCUT2D eigenvalue weighted by molar-refractivity contribution is 5.85. The Morgan fingerprint density at radius 3 is 2.55 bits per heavy atom. The highest BCUT2D eigenvalue weighted by Gasteiger charge is 2.22. The number of hydrogen-bond donors (Lipinski definition) is 3. The van der Waals surface area contributed by atoms with Crippen LogP contribution < -0.4 is 11.1 Å². The van der Waals surface area contributed by atoms with E-state index in [4.69, 9.17) is 10.8 Å². The van der Waals surface area contributed by atoms with E-state index in [1.54, 1.807) is 19.1 Å². The maximum Gasteiger partial charge on any atom is 0.320 e. The molecule has 0 radical (unpaired) electrons. The molecular formula is C14H19N3O5. The van der Waals surface area contributed by atoms with Crippen molar-refractivity contribution in [3.05, 3.63) is 33.9 Å². The summed E-state index contributed by atoms with van der Waals surface area (Å²) < 4.78 is 0. The van der Waals surface area contributed by atoms with Crippen molar-refractivity contribution < 1.29 is 19.6 Å². The number of carbonyl (C=O) groups excluding carboxylic acids is 1. The molecule has 0 aliphatic rings. The number of carboxylic acids is 1. The van der Waals surface area contributed by atoms with Gasteiger partial charge in [0.1, 0.15) is 11.7 Å². The average Bonchev–Trinajstić information content (AvgIpc) is 2.42. The number of Topliss-reactive ketones (excluding diaryl/α,β-unsaturated/α-hetero) is 1. The summed E-state index contributed by atoms with van der Waals surface area (Å²) in [6, 6.07) is 2.73. The second kappa shape index (κ2) is 7.51. The van der Waals surface area contributed by atoms with Gasteiger partial charge in [0.15, 0.2) is 5.78 Å². The van der Waals surface area contributed by atoms with Crippen molar-refractivity contribution in [1.82, 2.24) is 0 Å². The Hall–Kier alpha value is -2.48. The average molecular weight is 309 g/mol. The van der Waals surface area contributed by atoms with E-state index in [0.29, 0.717) is 0 Å². The fourth-order valence-electron chi connectivity index (χ4n) is 1.96. The first-order chi connectivity index (χ1) is 10.2. The molecular weight excluding hydrogens is 290 g/mol. The van der Waals surface area contributed by atoms with Gasteiger partial charge in [0.25, 0.3) is 5.69 Å². The summed E-state index contributed by atoms with van der Waals surface area (Å²) in [6.45, 7) is 3.11. The van der Waals surface area contributed by atoms with Gasteiger partial charge in [0.05, 0.1) is 11.0 Å². The number of aliphatic carboxylic acids is 1. The van der Waals surface area contributed by atoms with Crippen LogP contribution in [0.5, 0.6) is 0 Å². The number of rotatable bonds is 8. The Labute approximate surface area is 127 Å². The zero-order valence-electron chi connectivity index (χ0n) is 12.4. The van der Waals surface area contributed by atoms with Crippen LogP contribution in [0, 0.1) is 17.0 Å². The highest BCUT2D eigenvalue weighted by atomic mass is 16.6. The number of carboxylic acid groups (broad SMARTS) is 1. The summed E-state index contributed by atoms with van der Waals surface area (Å²) in [4.78, 5) is 32.9. The van der Waals surface area contributed by atoms with Gasteiger partial charge < -0.3 is 16.2 Å². The smallest absolute Gasteiger partial charge is 0.320 e. The van der Waals surface area contributed by atoms with Crippen LogP contribution in [0.25, 0.3) is 0 Å². The number of ketones is 1. The van der Waals surface area contributed by atoms with Crippen LogP contribution >= 0.6 is 0 Å². The summed E-state index contributed by atoms with van der Waals surface area (Å²) in [6.07, 6.45) is 0.264. The van der Waals surface area contributed by atoms with Gasteiger partial charge >= 0.3 is 5.97 Å². The van der Waals surface area contributed by atoms with E-state index < -0.39 is 23.0 Å². The number of aryl methyl sites for hydroxylation is 1. The van der Waals surface area contributed by atoms with Gasteiger partial charge in [0.2, 0.25) is 0 Å². The number of nitro groups is 1. The Bertz CT molecular complexity index is 588. The molecule has 8 nitrogen and oxygen atoms in total. The molecule has 0 fully saturated rings. The van der Waals surface area contributed by atoms with Crippen molar-refractivity contribution in [2.24, 2.45) is 5.73 Å². The Morgan fingerprint density at radius 1 is 1.41 bits per heavy atom. The van der Waals surface area contributed by atoms with Crippen LogP contribution in [0.3, 0.4) is 0 Å². The first-order valence-corrected chi connectivity index (χ1v) is 6.72. The molecule has 2 atom stereocenters. The van der Waals surface area contributed by atoms with E-state index >= 15 is 0 Å². The zero-order valence-corrected chi connectivity index (χ0v) is 12.4. The van der Waals surface area contributed by atoms with Crippen molar-refractivity contribution in [2.45, 2.75) is 38.8 Å². The summed E-state index contributed by atoms with van der Waals surface area (Å²) in [5.41, 5.74) is 6.31. The number of benzene rings is 1. The maximum absolute atomic E-state index is 11.7. The van der Waals surface area contributed by atoms with E-state index in [1.165, 1.54) is 13.0 Å². The molecule has 0 aromatic heterocycles. The first kappa shape index (κ1) is 17.6. The standard InChI is InChI=1S/C14H19N3O5/c1-8-3-6-13(17(21)22)12(7-8)16-11(9(2)18)5-4-10(15)14(19)20/h3,6-7,10-11,16H,4-5,15H2,1-2H3,(H,19,20). The van der Waals surface area contributed by atoms with Gasteiger partial charge in [-0.15, -0.1) is 0 Å². The molecule has 0 spiro atoms. The Balaban J connectivity index is 2.92. The van der Waals surface area contributed by atoms with Gasteiger partial charge in [-0.3, -0.25) is 19.7 Å². The molecule has 120 valence electrons. The van der Waals surface area contributed by atoms with Gasteiger partial charge in [-0.05, 0) is 38.3 Å². The van der Waals surface area contributed by atoms with E-state index in [1.807, 2.05) is 0 Å². The van der Waals surface area contributed by atoms with Gasteiger partial charge in [0, 0.05) is 6.07 Å². The molecule has 1 aromatic rings. The van der Waals surface area contributed by atoms with Crippen LogP contribution in [0.2, 0.25) is 0 Å². The largest absolute Gasteiger partial charge is 0.480 e. The minimum Gasteiger partial charge on any atom is -0.480 e. The van der Waals surface area contributed by atoms with Crippen molar-refractivity contribution in [2.75, 3.05) is 5.32 Å². The Kier molecular flexibility index (Phi) is 6.00. The van der Waals surface area contributed by atoms with E-state index in [9.17, 15) is 19.7 Å². The summed E-state index contributed by atoms with van der Waals surface area (Å²) in [5, 5.41) is 22.6. The lowest BCUT2D eigenvalue weighted by atomic mass is 10.0. The SMILES string of the molecule is CC(=O)C(CCC(N)C(=O)O)Nc1cc(C)ccc1[N+](=O)[O-]. The summed E-state index contributed by atoms with van der Waals surface area (Å²) in [5.74, 6) is -1.39. The number of nitrogens with one attached hydrogen (secondary N) is 1. The van der Waals surface area contributed by atoms with E-state index in [0.717, 1.165) is 5.56 Å². The number of nitrogens with two attached hydrogens (primary N) is 1. The molecule has 0 saturated carbocycles. The predicted octanol–water partition coefficient (Wildman–Crippen LogP) is 1.46. The van der Waals surface area contributed by atoms with Crippen LogP contribution in [0.15, 0.2) is 18.2 Å². The molecule has 22 heavy (non-hydrogen) atoms. The molecule has 0 bridgehead atoms. The molecule has 0 aliphatic carbocycles. The quantitative estimate of drug-likeness (QED) is 0.488. The zero-order chi connectivity index (χ0) is 16.9. The number of anilines is 1. The second-order valence-corrected chi connectivity index (χ2v) is 5.11. The van der Waals surface area contributed by atoms with Crippen LogP contribution in [0.1, 0.15) is 25.3 Å². The molecule has 0 aliphatic heterocycles. The normalized spacial score (nSPS) is 13.2. The van der Waals surface area contributed by atoms with E-state index in [2.05, 4.69) is 5.32 Å². The van der Waals surface area contributed by atoms with Crippen molar-refractivity contribution in [1.29, 1.82) is 0 Å². The lowest BCUT2D eigenvalue weighted by Gasteiger charge is -2.18. The molecule has 0 amide bonds. The monoisotopic (exact) mass is 309 g/mol. The molecule has 4 N–H and O–H groups in total. The summed E-state index contributed by atoms with van der Waals surface area (Å²) >= 11 is 0. The number of carbonyl (C=O) groups is 2. The highest BCUT2D eigenvalue weighted by Crippen LogP contribution is 2.26. The molecule has 1 aromatic carbocycles. The fourth-order valence-corrected chi connectivity index (χ4v) is 1.96. The predicted molar refractivity (Wildman–Crippen MR) is 80.8 cm³/mol. The third kappa shape index (κ3) is 4.81. The Morgan fingerprint density at radius 2 is 2.05 bits per heavy atom. The third-order valence-electron chi connectivity index (χ3n) is 3.25. The summed E-state index contributed by atoms with van der Waals surface area (Å²) in [7, 11) is 0. The maximum atomic E-state index is 11.7. The minimum absolute atomic E-state index is 0.0895. The van der Waals surface area contributed by atoms with Crippen molar-refractivity contribution >= 4 is 23.1 Å². The van der Waals surface area contributed by atoms with Crippen LogP contribution in [0.4, 0.5) is 11.4 Å². The van der Waals surface area contributed by atoms with Crippen LogP contribution in [-0.2, 0) is 9.59 Å². The molecule has 8 heteroatoms. The van der Waals surface area contributed by atoms with Crippen LogP contribution in [-0.4, -0.2) is 33.9 Å². The number of hydrogen-bond acceptors (Lipinski definition) is 6. The van der Waals surface area contributed by atoms with Gasteiger partial charge in [-0.25, -0.2) is 0 Å². The first-order valence-electron chi connectivity index (χ1n) is 6.72. The third-order valence-corrected chi connectivity index (χ3v) is 3.25. The molecule has 0 saturated heterocycles. The molecule has 0 heterocycles. The molecule has 1 rings (SSSR count). The van der Waals surface area contributed by atoms with Gasteiger partial charge in [-0.1, -0.05) is 6.07 Å². The topological polar surface area (TPSA) is 136 Å². The van der Waals surface area contributed by atoms with E-state index in [-0.39, 0.29) is 30.0 Å². The van der Waals surface area contributed by atoms with Crippen molar-refractivity contribution in [3.63, 3.8) is 0 Å². The lowest BCUT2D eigenvalue weighted by molar-refractivity contribution is -0.384. The number of nitrogens with zero attached hydrogens (tertiary/aromatic N) is 1. The lowest BCUT2D eigenvalue weighted by Crippen LogP contribution is -2.34. The molecule has 2 unspecified atom stereocenters. The second-order valence-electron chi connectivity index (χ2n) is 5.11.